The summed E-state index contributed by atoms with van der Waals surface area (Å²) in [5, 5.41) is 4.01. The van der Waals surface area contributed by atoms with Gasteiger partial charge in [-0.1, -0.05) is 58.7 Å². The molecule has 0 saturated carbocycles. The Labute approximate surface area is 186 Å². The van der Waals surface area contributed by atoms with Gasteiger partial charge in [0.2, 0.25) is 11.8 Å². The first-order valence-corrected chi connectivity index (χ1v) is 11.2. The van der Waals surface area contributed by atoms with E-state index in [1.54, 1.807) is 18.1 Å². The van der Waals surface area contributed by atoms with Gasteiger partial charge in [-0.15, -0.1) is 0 Å². The minimum Gasteiger partial charge on any atom is -0.361 e. The molecule has 0 unspecified atom stereocenters. The number of carbonyl (C=O) groups is 2. The summed E-state index contributed by atoms with van der Waals surface area (Å²) < 4.78 is 0. The number of likely N-dealkylation sites (N-methyl/N-ethyl adjacent to an activating group) is 2. The molecule has 1 aromatic heterocycles. The molecule has 0 fully saturated rings. The van der Waals surface area contributed by atoms with Crippen LogP contribution in [0.2, 0.25) is 0 Å². The van der Waals surface area contributed by atoms with Gasteiger partial charge in [-0.2, -0.15) is 0 Å². The van der Waals surface area contributed by atoms with Gasteiger partial charge in [0, 0.05) is 35.9 Å². The van der Waals surface area contributed by atoms with Crippen molar-refractivity contribution in [3.8, 4) is 0 Å². The third-order valence-electron chi connectivity index (χ3n) is 6.32. The predicted octanol–water partition coefficient (Wildman–Crippen LogP) is 4.10. The molecule has 2 aromatic rings. The highest BCUT2D eigenvalue weighted by Crippen LogP contribution is 2.21. The molecular formula is C25H38N4O2. The van der Waals surface area contributed by atoms with E-state index in [2.05, 4.69) is 24.1 Å². The van der Waals surface area contributed by atoms with Gasteiger partial charge in [-0.25, -0.2) is 0 Å². The molecule has 0 aliphatic rings. The van der Waals surface area contributed by atoms with E-state index in [-0.39, 0.29) is 29.7 Å². The third kappa shape index (κ3) is 5.76. The molecule has 2 N–H and O–H groups in total. The number of nitrogens with one attached hydrogen (secondary N) is 2. The van der Waals surface area contributed by atoms with Gasteiger partial charge in [0.25, 0.3) is 0 Å². The van der Waals surface area contributed by atoms with Gasteiger partial charge in [-0.05, 0) is 38.1 Å². The number of benzene rings is 1. The van der Waals surface area contributed by atoms with Crippen molar-refractivity contribution in [3.05, 3.63) is 42.2 Å². The van der Waals surface area contributed by atoms with Gasteiger partial charge in [0.1, 0.15) is 6.04 Å². The number of aromatic amines is 1. The lowest BCUT2D eigenvalue weighted by Crippen LogP contribution is -2.56. The predicted molar refractivity (Wildman–Crippen MR) is 128 cm³/mol. The van der Waals surface area contributed by atoms with Crippen LogP contribution in [0.3, 0.4) is 0 Å². The van der Waals surface area contributed by atoms with Crippen molar-refractivity contribution in [3.63, 3.8) is 0 Å². The summed E-state index contributed by atoms with van der Waals surface area (Å²) in [6.07, 6.45) is 7.18. The average molecular weight is 427 g/mol. The fourth-order valence-corrected chi connectivity index (χ4v) is 4.11. The number of nitrogens with zero attached hydrogens (tertiary/aromatic N) is 2. The van der Waals surface area contributed by atoms with Crippen LogP contribution in [0.15, 0.2) is 36.7 Å². The van der Waals surface area contributed by atoms with Crippen molar-refractivity contribution in [2.45, 2.75) is 52.6 Å². The van der Waals surface area contributed by atoms with E-state index in [9.17, 15) is 9.59 Å². The molecule has 0 radical (unpaired) electrons. The summed E-state index contributed by atoms with van der Waals surface area (Å²) in [6, 6.07) is 7.25. The second-order valence-electron chi connectivity index (χ2n) is 8.71. The molecule has 4 atom stereocenters. The molecule has 0 spiro atoms. The third-order valence-corrected chi connectivity index (χ3v) is 6.32. The molecule has 0 aliphatic heterocycles. The fraction of sp³-hybridized carbons (Fsp3) is 0.520. The Morgan fingerprint density at radius 2 is 1.65 bits per heavy atom. The topological polar surface area (TPSA) is 68.4 Å². The molecule has 170 valence electrons. The minimum atomic E-state index is -0.531. The zero-order valence-corrected chi connectivity index (χ0v) is 20.0. The van der Waals surface area contributed by atoms with Gasteiger partial charge in [0.15, 0.2) is 0 Å². The molecule has 6 heteroatoms. The Balaban J connectivity index is 2.18. The van der Waals surface area contributed by atoms with E-state index < -0.39 is 6.04 Å². The van der Waals surface area contributed by atoms with Crippen LogP contribution < -0.4 is 5.32 Å². The van der Waals surface area contributed by atoms with Crippen molar-refractivity contribution < 1.29 is 9.59 Å². The second kappa shape index (κ2) is 11.1. The highest BCUT2D eigenvalue weighted by Gasteiger charge is 2.36. The van der Waals surface area contributed by atoms with E-state index in [4.69, 9.17) is 0 Å². The van der Waals surface area contributed by atoms with Crippen molar-refractivity contribution in [1.82, 2.24) is 20.1 Å². The normalized spacial score (nSPS) is 15.7. The Morgan fingerprint density at radius 1 is 1.03 bits per heavy atom. The van der Waals surface area contributed by atoms with Crippen LogP contribution in [0.5, 0.6) is 0 Å². The molecule has 0 saturated heterocycles. The number of hydrogen-bond donors (Lipinski definition) is 2. The number of H-pyrrole nitrogens is 1. The number of rotatable bonds is 10. The minimum absolute atomic E-state index is 0.0135. The standard InChI is InChI=1S/C25H38N4O2/c1-8-17(3)22(29(7)25(31)23(28(5)6)18(4)9-2)24(30)26-15-14-19-16-27-21-13-11-10-12-20(19)21/h10-18,22-23,27H,8-9H2,1-7H3,(H,26,30)/b15-14-/t17-,18-,22-,23-/m0/s1. The van der Waals surface area contributed by atoms with Crippen molar-refractivity contribution in [1.29, 1.82) is 0 Å². The Hall–Kier alpha value is -2.60. The molecule has 6 nitrogen and oxygen atoms in total. The molecule has 0 bridgehead atoms. The van der Waals surface area contributed by atoms with E-state index in [1.807, 2.05) is 69.4 Å². The van der Waals surface area contributed by atoms with Crippen LogP contribution in [0.4, 0.5) is 0 Å². The monoisotopic (exact) mass is 426 g/mol. The van der Waals surface area contributed by atoms with Crippen molar-refractivity contribution in [2.75, 3.05) is 21.1 Å². The highest BCUT2D eigenvalue weighted by molar-refractivity contribution is 5.92. The van der Waals surface area contributed by atoms with Gasteiger partial charge < -0.3 is 15.2 Å². The molecule has 2 amide bonds. The lowest BCUT2D eigenvalue weighted by Gasteiger charge is -2.37. The first-order chi connectivity index (χ1) is 14.7. The van der Waals surface area contributed by atoms with Crippen LogP contribution in [-0.2, 0) is 9.59 Å². The van der Waals surface area contributed by atoms with Gasteiger partial charge in [-0.3, -0.25) is 14.5 Å². The summed E-state index contributed by atoms with van der Waals surface area (Å²) in [6.45, 7) is 8.23. The summed E-state index contributed by atoms with van der Waals surface area (Å²) >= 11 is 0. The van der Waals surface area contributed by atoms with Crippen LogP contribution in [0.25, 0.3) is 17.0 Å². The number of hydrogen-bond acceptors (Lipinski definition) is 3. The summed E-state index contributed by atoms with van der Waals surface area (Å²) in [4.78, 5) is 33.3. The highest BCUT2D eigenvalue weighted by atomic mass is 16.2. The van der Waals surface area contributed by atoms with E-state index in [0.29, 0.717) is 0 Å². The van der Waals surface area contributed by atoms with Crippen LogP contribution in [0, 0.1) is 11.8 Å². The lowest BCUT2D eigenvalue weighted by molar-refractivity contribution is -0.145. The zero-order chi connectivity index (χ0) is 23.1. The summed E-state index contributed by atoms with van der Waals surface area (Å²) in [5.74, 6) is 0.0610. The van der Waals surface area contributed by atoms with E-state index in [1.165, 1.54) is 0 Å². The Kier molecular flexibility index (Phi) is 8.87. The fourth-order valence-electron chi connectivity index (χ4n) is 4.11. The molecule has 1 aromatic carbocycles. The Bertz CT molecular complexity index is 902. The number of amides is 2. The molecule has 2 rings (SSSR count). The molecule has 0 aliphatic carbocycles. The number of carbonyl (C=O) groups excluding carboxylic acids is 2. The largest absolute Gasteiger partial charge is 0.361 e. The van der Waals surface area contributed by atoms with Crippen LogP contribution >= 0.6 is 0 Å². The van der Waals surface area contributed by atoms with Gasteiger partial charge in [0.05, 0.1) is 6.04 Å². The Morgan fingerprint density at radius 3 is 2.26 bits per heavy atom. The number of para-hydroxylation sites is 1. The molecular weight excluding hydrogens is 388 g/mol. The first kappa shape index (κ1) is 24.7. The van der Waals surface area contributed by atoms with Crippen LogP contribution in [-0.4, -0.2) is 59.8 Å². The summed E-state index contributed by atoms with van der Waals surface area (Å²) in [5.41, 5.74) is 2.06. The molecule has 31 heavy (non-hydrogen) atoms. The SMILES string of the molecule is CC[C@H](C)[C@@H](C(=O)N(C)[C@H](C(=O)N/C=C\c1c[nH]c2ccccc12)[C@@H](C)CC)N(C)C. The second-order valence-corrected chi connectivity index (χ2v) is 8.71. The average Bonchev–Trinajstić information content (AvgIpc) is 3.16. The van der Waals surface area contributed by atoms with Crippen molar-refractivity contribution in [2.24, 2.45) is 11.8 Å². The van der Waals surface area contributed by atoms with Gasteiger partial charge >= 0.3 is 0 Å². The maximum atomic E-state index is 13.3. The maximum Gasteiger partial charge on any atom is 0.246 e. The molecule has 1 heterocycles. The summed E-state index contributed by atoms with van der Waals surface area (Å²) in [7, 11) is 5.59. The number of aromatic nitrogens is 1. The van der Waals surface area contributed by atoms with Crippen molar-refractivity contribution >= 4 is 28.8 Å². The van der Waals surface area contributed by atoms with Crippen LogP contribution in [0.1, 0.15) is 46.1 Å². The van der Waals surface area contributed by atoms with E-state index in [0.717, 1.165) is 29.3 Å². The zero-order valence-electron chi connectivity index (χ0n) is 20.0. The number of fused-ring (bicyclic) bond motifs is 1. The smallest absolute Gasteiger partial charge is 0.246 e. The lowest BCUT2D eigenvalue weighted by atomic mass is 9.93. The maximum absolute atomic E-state index is 13.3. The first-order valence-electron chi connectivity index (χ1n) is 11.2. The quantitative estimate of drug-likeness (QED) is 0.601. The van der Waals surface area contributed by atoms with E-state index >= 15 is 0 Å².